The second-order valence-electron chi connectivity index (χ2n) is 21.1. The number of nitrogens with zero attached hydrogens (tertiary/aromatic N) is 1. The molecule has 0 aromatic rings. The molecule has 1 rings (SSSR count). The van der Waals surface area contributed by atoms with Crippen LogP contribution in [-0.2, 0) is 38.1 Å². The van der Waals surface area contributed by atoms with Gasteiger partial charge in [0.15, 0.2) is 0 Å². The smallest absolute Gasteiger partial charge is 0.306 e. The number of ether oxygens (including phenoxy) is 4. The van der Waals surface area contributed by atoms with Crippen molar-refractivity contribution in [2.75, 3.05) is 33.4 Å². The van der Waals surface area contributed by atoms with Gasteiger partial charge in [0.1, 0.15) is 12.7 Å². The van der Waals surface area contributed by atoms with Gasteiger partial charge in [0, 0.05) is 39.3 Å². The van der Waals surface area contributed by atoms with Crippen LogP contribution in [0.2, 0.25) is 0 Å². The van der Waals surface area contributed by atoms with Crippen molar-refractivity contribution in [2.24, 2.45) is 0 Å². The summed E-state index contributed by atoms with van der Waals surface area (Å²) < 4.78 is 23.1. The first-order valence-electron chi connectivity index (χ1n) is 27.9. The number of amides is 2. The van der Waals surface area contributed by atoms with Gasteiger partial charge in [-0.3, -0.25) is 19.2 Å². The molecule has 1 aliphatic rings. The van der Waals surface area contributed by atoms with Crippen molar-refractivity contribution in [1.29, 1.82) is 0 Å². The Balaban J connectivity index is 2.46. The molecule has 0 aromatic heterocycles. The molecular formula is C56H106N2O8. The summed E-state index contributed by atoms with van der Waals surface area (Å²) >= 11 is 0. The fraction of sp³-hybridized carbons (Fsp3) is 0.929. The van der Waals surface area contributed by atoms with E-state index in [4.69, 9.17) is 18.9 Å². The summed E-state index contributed by atoms with van der Waals surface area (Å²) in [4.78, 5) is 53.7. The number of hydrogen-bond acceptors (Lipinski definition) is 8. The third-order valence-corrected chi connectivity index (χ3v) is 13.8. The van der Waals surface area contributed by atoms with Gasteiger partial charge in [-0.05, 0) is 53.4 Å². The topological polar surface area (TPSA) is 120 Å². The van der Waals surface area contributed by atoms with E-state index >= 15 is 0 Å². The summed E-state index contributed by atoms with van der Waals surface area (Å²) in [7, 11) is 1.70. The van der Waals surface area contributed by atoms with E-state index in [1.165, 1.54) is 154 Å². The highest BCUT2D eigenvalue weighted by Gasteiger charge is 2.37. The normalized spacial score (nSPS) is 15.3. The minimum atomic E-state index is -0.495. The molecular weight excluding hydrogens is 829 g/mol. The lowest BCUT2D eigenvalue weighted by Crippen LogP contribution is -2.39. The van der Waals surface area contributed by atoms with E-state index in [1.807, 2.05) is 27.7 Å². The highest BCUT2D eigenvalue weighted by Crippen LogP contribution is 2.25. The molecule has 0 saturated carbocycles. The average Bonchev–Trinajstić information content (AvgIpc) is 3.69. The molecule has 1 saturated heterocycles. The molecule has 66 heavy (non-hydrogen) atoms. The van der Waals surface area contributed by atoms with Gasteiger partial charge in [0.05, 0.1) is 36.8 Å². The highest BCUT2D eigenvalue weighted by atomic mass is 16.5. The van der Waals surface area contributed by atoms with Crippen LogP contribution in [0.5, 0.6) is 0 Å². The van der Waals surface area contributed by atoms with E-state index in [0.717, 1.165) is 44.9 Å². The first kappa shape index (κ1) is 61.8. The number of hydrogen-bond donors (Lipinski definition) is 1. The van der Waals surface area contributed by atoms with E-state index in [-0.39, 0.29) is 55.4 Å². The van der Waals surface area contributed by atoms with Crippen LogP contribution in [-0.4, -0.2) is 85.4 Å². The number of carbonyl (C=O) groups excluding carboxylic acids is 4. The van der Waals surface area contributed by atoms with Crippen LogP contribution in [0.3, 0.4) is 0 Å². The van der Waals surface area contributed by atoms with Crippen molar-refractivity contribution in [3.63, 3.8) is 0 Å². The molecule has 10 heteroatoms. The molecule has 1 fully saturated rings. The molecule has 2 atom stereocenters. The SMILES string of the molecule is CCCCCCCCCCCCCCCCCC(=O)OC[C@@H]1C[C@@H](OC(=O)CCC(=O)NCCC(C)(C)OCCC(C)(C)OC)CN1C(=O)CCCCCCCCCCCCCCCCC. The zero-order chi connectivity index (χ0) is 48.6. The standard InChI is InChI=1S/C56H106N2O8/c1-8-10-12-14-16-18-20-22-24-26-28-30-32-34-36-38-52(60)58-47-50(66-54(62)41-40-51(59)57-44-42-56(5,6)65-45-43-55(3,4)63-7)46-49(58)48-64-53(61)39-37-35-33-31-29-27-25-23-21-19-17-15-13-11-9-2/h49-50H,8-48H2,1-7H3,(H,57,59)/t49-,50+/m0/s1. The fourth-order valence-corrected chi connectivity index (χ4v) is 8.91. The number of carbonyl (C=O) groups is 4. The number of esters is 2. The monoisotopic (exact) mass is 935 g/mol. The van der Waals surface area contributed by atoms with E-state index in [1.54, 1.807) is 12.0 Å². The van der Waals surface area contributed by atoms with Gasteiger partial charge in [-0.25, -0.2) is 0 Å². The van der Waals surface area contributed by atoms with Crippen LogP contribution < -0.4 is 5.32 Å². The molecule has 1 aliphatic heterocycles. The number of unbranched alkanes of at least 4 members (excludes halogenated alkanes) is 28. The molecule has 1 N–H and O–H groups in total. The second-order valence-corrected chi connectivity index (χ2v) is 21.1. The summed E-state index contributed by atoms with van der Waals surface area (Å²) in [5.41, 5.74) is -0.667. The van der Waals surface area contributed by atoms with E-state index in [2.05, 4.69) is 19.2 Å². The van der Waals surface area contributed by atoms with Gasteiger partial charge in [0.25, 0.3) is 0 Å². The first-order chi connectivity index (χ1) is 31.8. The van der Waals surface area contributed by atoms with Crippen molar-refractivity contribution in [2.45, 2.75) is 302 Å². The molecule has 0 aromatic carbocycles. The Morgan fingerprint density at radius 1 is 0.530 bits per heavy atom. The Hall–Kier alpha value is -2.20. The minimum Gasteiger partial charge on any atom is -0.463 e. The summed E-state index contributed by atoms with van der Waals surface area (Å²) in [6, 6.07) is -0.328. The van der Waals surface area contributed by atoms with Gasteiger partial charge < -0.3 is 29.2 Å². The zero-order valence-electron chi connectivity index (χ0n) is 44.4. The molecule has 0 spiro atoms. The van der Waals surface area contributed by atoms with Crippen molar-refractivity contribution in [1.82, 2.24) is 10.2 Å². The van der Waals surface area contributed by atoms with Crippen LogP contribution in [0.25, 0.3) is 0 Å². The Labute approximate surface area is 406 Å². The van der Waals surface area contributed by atoms with Crippen LogP contribution >= 0.6 is 0 Å². The van der Waals surface area contributed by atoms with Crippen LogP contribution in [0.4, 0.5) is 0 Å². The summed E-state index contributed by atoms with van der Waals surface area (Å²) in [5.74, 6) is -0.870. The number of likely N-dealkylation sites (tertiary alicyclic amines) is 1. The number of nitrogens with one attached hydrogen (secondary N) is 1. The average molecular weight is 935 g/mol. The van der Waals surface area contributed by atoms with E-state index in [0.29, 0.717) is 38.8 Å². The highest BCUT2D eigenvalue weighted by molar-refractivity contribution is 5.81. The lowest BCUT2D eigenvalue weighted by Gasteiger charge is -2.29. The zero-order valence-corrected chi connectivity index (χ0v) is 44.4. The van der Waals surface area contributed by atoms with Gasteiger partial charge in [-0.15, -0.1) is 0 Å². The Kier molecular flexibility index (Phi) is 38.1. The van der Waals surface area contributed by atoms with Gasteiger partial charge >= 0.3 is 11.9 Å². The van der Waals surface area contributed by atoms with Crippen LogP contribution in [0.1, 0.15) is 279 Å². The van der Waals surface area contributed by atoms with E-state index in [9.17, 15) is 19.2 Å². The second kappa shape index (κ2) is 40.7. The van der Waals surface area contributed by atoms with Crippen molar-refractivity contribution in [3.05, 3.63) is 0 Å². The minimum absolute atomic E-state index is 0.0249. The lowest BCUT2D eigenvalue weighted by molar-refractivity contribution is -0.150. The summed E-state index contributed by atoms with van der Waals surface area (Å²) in [6.07, 6.45) is 40.3. The van der Waals surface area contributed by atoms with Gasteiger partial charge in [-0.1, -0.05) is 194 Å². The van der Waals surface area contributed by atoms with Gasteiger partial charge in [0.2, 0.25) is 11.8 Å². The number of rotatable bonds is 46. The van der Waals surface area contributed by atoms with Crippen molar-refractivity contribution >= 4 is 23.8 Å². The third kappa shape index (κ3) is 35.9. The molecule has 0 radical (unpaired) electrons. The predicted octanol–water partition coefficient (Wildman–Crippen LogP) is 14.5. The van der Waals surface area contributed by atoms with Crippen LogP contribution in [0, 0.1) is 0 Å². The summed E-state index contributed by atoms with van der Waals surface area (Å²) in [6.45, 7) is 14.0. The molecule has 0 aliphatic carbocycles. The van der Waals surface area contributed by atoms with Crippen molar-refractivity contribution in [3.8, 4) is 0 Å². The summed E-state index contributed by atoms with van der Waals surface area (Å²) in [5, 5.41) is 2.91. The maximum absolute atomic E-state index is 13.6. The molecule has 388 valence electrons. The largest absolute Gasteiger partial charge is 0.463 e. The molecule has 10 nitrogen and oxygen atoms in total. The van der Waals surface area contributed by atoms with Crippen molar-refractivity contribution < 1.29 is 38.1 Å². The molecule has 0 unspecified atom stereocenters. The Bertz CT molecular complexity index is 1210. The molecule has 1 heterocycles. The van der Waals surface area contributed by atoms with Crippen LogP contribution in [0.15, 0.2) is 0 Å². The third-order valence-electron chi connectivity index (χ3n) is 13.8. The molecule has 0 bridgehead atoms. The number of methoxy groups -OCH3 is 1. The van der Waals surface area contributed by atoms with E-state index < -0.39 is 17.7 Å². The Morgan fingerprint density at radius 3 is 1.42 bits per heavy atom. The van der Waals surface area contributed by atoms with Gasteiger partial charge in [-0.2, -0.15) is 0 Å². The quantitative estimate of drug-likeness (QED) is 0.0473. The lowest BCUT2D eigenvalue weighted by atomic mass is 10.0. The Morgan fingerprint density at radius 2 is 0.970 bits per heavy atom. The predicted molar refractivity (Wildman–Crippen MR) is 273 cm³/mol. The maximum Gasteiger partial charge on any atom is 0.306 e. The first-order valence-corrected chi connectivity index (χ1v) is 27.9. The molecule has 2 amide bonds. The fourth-order valence-electron chi connectivity index (χ4n) is 8.91. The maximum atomic E-state index is 13.6.